The van der Waals surface area contributed by atoms with Gasteiger partial charge in [-0.3, -0.25) is 0 Å². The molecule has 0 bridgehead atoms. The molecule has 3 heterocycles. The van der Waals surface area contributed by atoms with E-state index in [1.54, 1.807) is 11.3 Å². The summed E-state index contributed by atoms with van der Waals surface area (Å²) in [7, 11) is 0. The number of para-hydroxylation sites is 1. The van der Waals surface area contributed by atoms with Gasteiger partial charge in [0.05, 0.1) is 15.9 Å². The molecule has 0 N–H and O–H groups in total. The molecule has 3 nitrogen and oxygen atoms in total. The monoisotopic (exact) mass is 528 g/mol. The van der Waals surface area contributed by atoms with Crippen LogP contribution in [-0.4, -0.2) is 9.97 Å². The summed E-state index contributed by atoms with van der Waals surface area (Å²) in [5.41, 5.74) is 5.80. The maximum atomic E-state index is 6.38. The molecule has 9 rings (SSSR count). The third-order valence-corrected chi connectivity index (χ3v) is 9.04. The van der Waals surface area contributed by atoms with E-state index in [1.165, 1.54) is 15.5 Å². The van der Waals surface area contributed by atoms with Crippen molar-refractivity contribution in [1.29, 1.82) is 0 Å². The Balaban J connectivity index is 1.50. The summed E-state index contributed by atoms with van der Waals surface area (Å²) in [4.78, 5) is 10.8. The highest BCUT2D eigenvalue weighted by atomic mass is 32.1. The number of benzene rings is 6. The summed E-state index contributed by atoms with van der Waals surface area (Å²) >= 11 is 1.76. The average Bonchev–Trinajstić information content (AvgIpc) is 3.57. The first-order valence-electron chi connectivity index (χ1n) is 13.3. The van der Waals surface area contributed by atoms with Gasteiger partial charge in [0, 0.05) is 32.0 Å². The first-order chi connectivity index (χ1) is 19.8. The lowest BCUT2D eigenvalue weighted by molar-refractivity contribution is 0.669. The van der Waals surface area contributed by atoms with Crippen LogP contribution in [0, 0.1) is 0 Å². The summed E-state index contributed by atoms with van der Waals surface area (Å²) in [6.07, 6.45) is 0. The van der Waals surface area contributed by atoms with Crippen LogP contribution in [0.2, 0.25) is 0 Å². The molecular weight excluding hydrogens is 508 g/mol. The van der Waals surface area contributed by atoms with E-state index in [4.69, 9.17) is 14.4 Å². The smallest absolute Gasteiger partial charge is 0.161 e. The molecule has 0 aliphatic heterocycles. The second-order valence-electron chi connectivity index (χ2n) is 10.1. The number of fused-ring (bicyclic) bond motifs is 8. The molecule has 0 atom stereocenters. The van der Waals surface area contributed by atoms with Gasteiger partial charge in [-0.1, -0.05) is 103 Å². The van der Waals surface area contributed by atoms with Gasteiger partial charge in [0.1, 0.15) is 11.2 Å². The summed E-state index contributed by atoms with van der Waals surface area (Å²) in [5, 5.41) is 7.88. The Kier molecular flexibility index (Phi) is 4.48. The molecule has 6 aromatic carbocycles. The Morgan fingerprint density at radius 2 is 1.25 bits per heavy atom. The number of hydrogen-bond acceptors (Lipinski definition) is 4. The fourth-order valence-corrected chi connectivity index (χ4v) is 7.25. The fraction of sp³-hybridized carbons (Fsp3) is 0. The third-order valence-electron chi connectivity index (χ3n) is 7.88. The highest BCUT2D eigenvalue weighted by molar-refractivity contribution is 7.26. The summed E-state index contributed by atoms with van der Waals surface area (Å²) in [6.45, 7) is 0. The van der Waals surface area contributed by atoms with Crippen molar-refractivity contribution in [2.75, 3.05) is 0 Å². The molecule has 3 aromatic heterocycles. The predicted octanol–water partition coefficient (Wildman–Crippen LogP) is 10.4. The number of rotatable bonds is 2. The number of hydrogen-bond donors (Lipinski definition) is 0. The highest BCUT2D eigenvalue weighted by Crippen LogP contribution is 2.45. The van der Waals surface area contributed by atoms with Crippen LogP contribution in [0.15, 0.2) is 126 Å². The quantitative estimate of drug-likeness (QED) is 0.224. The van der Waals surface area contributed by atoms with E-state index >= 15 is 0 Å². The lowest BCUT2D eigenvalue weighted by Crippen LogP contribution is -1.96. The molecule has 0 spiro atoms. The van der Waals surface area contributed by atoms with Crippen LogP contribution in [0.3, 0.4) is 0 Å². The minimum atomic E-state index is 0.715. The molecule has 0 saturated heterocycles. The van der Waals surface area contributed by atoms with Crippen molar-refractivity contribution in [2.24, 2.45) is 0 Å². The van der Waals surface area contributed by atoms with Gasteiger partial charge in [-0.2, -0.15) is 0 Å². The zero-order chi connectivity index (χ0) is 26.2. The van der Waals surface area contributed by atoms with Crippen molar-refractivity contribution in [1.82, 2.24) is 9.97 Å². The van der Waals surface area contributed by atoms with Crippen molar-refractivity contribution < 1.29 is 4.42 Å². The number of nitrogens with zero attached hydrogens (tertiary/aromatic N) is 2. The van der Waals surface area contributed by atoms with Crippen LogP contribution in [0.5, 0.6) is 0 Å². The van der Waals surface area contributed by atoms with Crippen molar-refractivity contribution in [2.45, 2.75) is 0 Å². The van der Waals surface area contributed by atoms with Gasteiger partial charge in [0.25, 0.3) is 0 Å². The number of aromatic nitrogens is 2. The summed E-state index contributed by atoms with van der Waals surface area (Å²) in [6, 6.07) is 42.4. The van der Waals surface area contributed by atoms with Crippen molar-refractivity contribution in [3.05, 3.63) is 121 Å². The van der Waals surface area contributed by atoms with E-state index in [-0.39, 0.29) is 0 Å². The second-order valence-corrected chi connectivity index (χ2v) is 11.2. The Morgan fingerprint density at radius 1 is 0.550 bits per heavy atom. The fourth-order valence-electron chi connectivity index (χ4n) is 6.10. The predicted molar refractivity (Wildman–Crippen MR) is 168 cm³/mol. The molecule has 0 unspecified atom stereocenters. The molecule has 0 radical (unpaired) electrons. The van der Waals surface area contributed by atoms with Crippen LogP contribution in [-0.2, 0) is 0 Å². The molecule has 4 heteroatoms. The highest BCUT2D eigenvalue weighted by Gasteiger charge is 2.22. The van der Waals surface area contributed by atoms with Crippen molar-refractivity contribution in [3.63, 3.8) is 0 Å². The molecule has 40 heavy (non-hydrogen) atoms. The zero-order valence-electron chi connectivity index (χ0n) is 21.3. The van der Waals surface area contributed by atoms with Crippen molar-refractivity contribution in [3.8, 4) is 22.6 Å². The normalized spacial score (nSPS) is 12.0. The lowest BCUT2D eigenvalue weighted by atomic mass is 9.97. The zero-order valence-corrected chi connectivity index (χ0v) is 22.1. The van der Waals surface area contributed by atoms with Crippen LogP contribution in [0.1, 0.15) is 0 Å². The molecule has 0 aliphatic rings. The van der Waals surface area contributed by atoms with E-state index in [1.807, 2.05) is 12.1 Å². The minimum absolute atomic E-state index is 0.715. The largest absolute Gasteiger partial charge is 0.456 e. The average molecular weight is 529 g/mol. The van der Waals surface area contributed by atoms with Crippen LogP contribution in [0.25, 0.3) is 86.4 Å². The van der Waals surface area contributed by atoms with Gasteiger partial charge in [0.2, 0.25) is 0 Å². The molecular formula is C36H20N2OS. The van der Waals surface area contributed by atoms with E-state index < -0.39 is 0 Å². The van der Waals surface area contributed by atoms with Crippen LogP contribution < -0.4 is 0 Å². The maximum absolute atomic E-state index is 6.38. The molecule has 186 valence electrons. The minimum Gasteiger partial charge on any atom is -0.456 e. The first kappa shape index (κ1) is 21.8. The molecule has 9 aromatic rings. The Bertz CT molecular complexity index is 2450. The molecule has 0 amide bonds. The van der Waals surface area contributed by atoms with Gasteiger partial charge in [-0.25, -0.2) is 9.97 Å². The van der Waals surface area contributed by atoms with Crippen molar-refractivity contribution >= 4 is 75.1 Å². The topological polar surface area (TPSA) is 38.9 Å². The Labute approximate surface area is 233 Å². The van der Waals surface area contributed by atoms with Crippen LogP contribution >= 0.6 is 11.3 Å². The van der Waals surface area contributed by atoms with Gasteiger partial charge in [-0.05, 0) is 39.7 Å². The van der Waals surface area contributed by atoms with E-state index in [0.717, 1.165) is 65.1 Å². The van der Waals surface area contributed by atoms with Crippen LogP contribution in [0.4, 0.5) is 0 Å². The molecule has 0 fully saturated rings. The maximum Gasteiger partial charge on any atom is 0.161 e. The third kappa shape index (κ3) is 3.05. The van der Waals surface area contributed by atoms with Gasteiger partial charge >= 0.3 is 0 Å². The second kappa shape index (κ2) is 8.22. The molecule has 0 aliphatic carbocycles. The van der Waals surface area contributed by atoms with E-state index in [2.05, 4.69) is 109 Å². The lowest BCUT2D eigenvalue weighted by Gasteiger charge is -2.12. The standard InChI is InChI=1S/C36H20N2OS/c1-3-13-23-21(10-1)12-9-17-25(23)33-35-34(27-16-6-8-19-30(27)40-35)38-36(37-33)32-24-14-4-2-11-22(24)20-29-31(32)26-15-5-7-18-28(26)39-29/h1-20H. The SMILES string of the molecule is c1ccc2c(-c3nc(-c4c5ccccc5cc5oc6ccccc6c45)nc4c3sc3ccccc34)cccc2c1. The van der Waals surface area contributed by atoms with Gasteiger partial charge in [-0.15, -0.1) is 11.3 Å². The number of thiophene rings is 1. The summed E-state index contributed by atoms with van der Waals surface area (Å²) < 4.78 is 8.70. The summed E-state index contributed by atoms with van der Waals surface area (Å²) in [5.74, 6) is 0.715. The molecule has 0 saturated carbocycles. The van der Waals surface area contributed by atoms with Gasteiger partial charge in [0.15, 0.2) is 5.82 Å². The number of furan rings is 1. The van der Waals surface area contributed by atoms with E-state index in [9.17, 15) is 0 Å². The van der Waals surface area contributed by atoms with E-state index in [0.29, 0.717) is 5.82 Å². The van der Waals surface area contributed by atoms with Gasteiger partial charge < -0.3 is 4.42 Å². The Morgan fingerprint density at radius 3 is 2.15 bits per heavy atom. The first-order valence-corrected chi connectivity index (χ1v) is 14.2. The Hall–Kier alpha value is -5.06.